The first-order valence-electron chi connectivity index (χ1n) is 5.28. The molecule has 3 aromatic rings. The Morgan fingerprint density at radius 2 is 1.35 bits per heavy atom. The fourth-order valence-corrected chi connectivity index (χ4v) is 2.11. The molecule has 0 amide bonds. The van der Waals surface area contributed by atoms with Crippen molar-refractivity contribution in [3.05, 3.63) is 48.5 Å². The molecule has 0 atom stereocenters. The number of hydrogen-bond acceptors (Lipinski definition) is 1. The van der Waals surface area contributed by atoms with Gasteiger partial charge in [0.15, 0.2) is 0 Å². The number of para-hydroxylation sites is 2. The van der Waals surface area contributed by atoms with Crippen LogP contribution in [-0.2, 0) is 32.7 Å². The van der Waals surface area contributed by atoms with Crippen molar-refractivity contribution in [1.29, 1.82) is 0 Å². The summed E-state index contributed by atoms with van der Waals surface area (Å²) in [5, 5.41) is 6.76. The second-order valence-corrected chi connectivity index (χ2v) is 3.67. The van der Waals surface area contributed by atoms with Crippen molar-refractivity contribution in [3.8, 4) is 0 Å². The summed E-state index contributed by atoms with van der Waals surface area (Å²) in [6, 6.07) is 16.6. The van der Waals surface area contributed by atoms with Crippen molar-refractivity contribution < 1.29 is 32.7 Å². The summed E-state index contributed by atoms with van der Waals surface area (Å²) in [5.41, 5.74) is 2.25. The summed E-state index contributed by atoms with van der Waals surface area (Å²) in [5.74, 6) is 0. The summed E-state index contributed by atoms with van der Waals surface area (Å²) in [7, 11) is 0. The van der Waals surface area contributed by atoms with Gasteiger partial charge in [0, 0.05) is 43.5 Å². The molecule has 2 nitrogen and oxygen atoms in total. The summed E-state index contributed by atoms with van der Waals surface area (Å²) in [4.78, 5) is 0. The van der Waals surface area contributed by atoms with Gasteiger partial charge in [0.25, 0.3) is 0 Å². The van der Waals surface area contributed by atoms with Crippen molar-refractivity contribution in [2.45, 2.75) is 6.92 Å². The van der Waals surface area contributed by atoms with Crippen LogP contribution in [0, 0.1) is 0 Å². The zero-order valence-corrected chi connectivity index (χ0v) is 12.4. The van der Waals surface area contributed by atoms with Gasteiger partial charge in [0.2, 0.25) is 0 Å². The zero-order valence-electron chi connectivity index (χ0n) is 9.59. The molecule has 0 aliphatic rings. The van der Waals surface area contributed by atoms with Crippen LogP contribution < -0.4 is 0 Å². The molecule has 0 saturated carbocycles. The number of aromatic nitrogens is 1. The number of benzene rings is 2. The maximum atomic E-state index is 4.29. The van der Waals surface area contributed by atoms with Crippen LogP contribution in [0.1, 0.15) is 6.92 Å². The number of rotatable bonds is 1. The molecular weight excluding hydrogens is 285 g/mol. The summed E-state index contributed by atoms with van der Waals surface area (Å²) in [6.45, 7) is 1.81. The predicted molar refractivity (Wildman–Crippen MR) is 68.0 cm³/mol. The summed E-state index contributed by atoms with van der Waals surface area (Å²) < 4.78 is 1.94. The van der Waals surface area contributed by atoms with Gasteiger partial charge in [-0.1, -0.05) is 36.4 Å². The summed E-state index contributed by atoms with van der Waals surface area (Å²) >= 11 is 0. The quantitative estimate of drug-likeness (QED) is 0.483. The minimum Gasteiger partial charge on any atom is -0.392 e. The Balaban J connectivity index is 0.00000108. The second kappa shape index (κ2) is 5.11. The van der Waals surface area contributed by atoms with Gasteiger partial charge in [-0.2, -0.15) is 6.92 Å². The Bertz CT molecular complexity index is 630. The van der Waals surface area contributed by atoms with E-state index in [0.717, 1.165) is 11.0 Å². The van der Waals surface area contributed by atoms with E-state index in [-0.39, 0.29) is 32.7 Å². The molecule has 1 heterocycles. The smallest absolute Gasteiger partial charge is 0.0699 e. The van der Waals surface area contributed by atoms with E-state index < -0.39 is 0 Å². The molecule has 0 fully saturated rings. The van der Waals surface area contributed by atoms with E-state index >= 15 is 0 Å². The van der Waals surface area contributed by atoms with E-state index in [1.807, 2.05) is 23.7 Å². The predicted octanol–water partition coefficient (Wildman–Crippen LogP) is 3.52. The Morgan fingerprint density at radius 3 is 1.82 bits per heavy atom. The SMILES string of the molecule is C[C-]=Nn1c2ccccc2c2ccccc21.[Y]. The first-order chi connectivity index (χ1) is 7.92. The molecule has 0 bridgehead atoms. The van der Waals surface area contributed by atoms with E-state index in [1.165, 1.54) is 10.8 Å². The maximum absolute atomic E-state index is 4.29. The van der Waals surface area contributed by atoms with Crippen LogP contribution in [0.15, 0.2) is 53.6 Å². The molecule has 0 spiro atoms. The van der Waals surface area contributed by atoms with Gasteiger partial charge in [-0.25, -0.2) is 0 Å². The first-order valence-corrected chi connectivity index (χ1v) is 5.28. The van der Waals surface area contributed by atoms with Crippen molar-refractivity contribution >= 4 is 28.0 Å². The number of hydrogen-bond donors (Lipinski definition) is 0. The van der Waals surface area contributed by atoms with E-state index in [0.29, 0.717) is 0 Å². The maximum Gasteiger partial charge on any atom is 0.0699 e. The van der Waals surface area contributed by atoms with Gasteiger partial charge < -0.3 is 11.3 Å². The molecule has 3 heteroatoms. The van der Waals surface area contributed by atoms with Gasteiger partial charge in [-0.05, 0) is 12.1 Å². The van der Waals surface area contributed by atoms with Gasteiger partial charge in [-0.3, -0.25) is 4.68 Å². The monoisotopic (exact) mass is 296 g/mol. The minimum absolute atomic E-state index is 0. The van der Waals surface area contributed by atoms with Gasteiger partial charge in [0.1, 0.15) is 0 Å². The molecule has 0 aliphatic carbocycles. The van der Waals surface area contributed by atoms with Crippen molar-refractivity contribution in [1.82, 2.24) is 4.68 Å². The third-order valence-electron chi connectivity index (χ3n) is 2.75. The third-order valence-corrected chi connectivity index (χ3v) is 2.75. The van der Waals surface area contributed by atoms with Crippen LogP contribution in [0.5, 0.6) is 0 Å². The van der Waals surface area contributed by atoms with Crippen LogP contribution in [0.3, 0.4) is 0 Å². The molecule has 3 rings (SSSR count). The topological polar surface area (TPSA) is 17.3 Å². The van der Waals surface area contributed by atoms with Crippen molar-refractivity contribution in [2.24, 2.45) is 5.10 Å². The average molecular weight is 296 g/mol. The van der Waals surface area contributed by atoms with Crippen LogP contribution in [0.25, 0.3) is 21.8 Å². The molecule has 1 radical (unpaired) electrons. The first kappa shape index (κ1) is 12.5. The average Bonchev–Trinajstić information content (AvgIpc) is 2.66. The molecular formula is C14H11N2Y-. The second-order valence-electron chi connectivity index (χ2n) is 3.67. The Hall–Kier alpha value is -0.986. The van der Waals surface area contributed by atoms with Crippen LogP contribution in [-0.4, -0.2) is 10.9 Å². The largest absolute Gasteiger partial charge is 0.392 e. The molecule has 17 heavy (non-hydrogen) atoms. The Kier molecular flexibility index (Phi) is 3.75. The van der Waals surface area contributed by atoms with E-state index in [9.17, 15) is 0 Å². The number of fused-ring (bicyclic) bond motifs is 3. The number of nitrogens with zero attached hydrogens (tertiary/aromatic N) is 2. The van der Waals surface area contributed by atoms with Crippen LogP contribution in [0.4, 0.5) is 0 Å². The molecule has 0 saturated heterocycles. The van der Waals surface area contributed by atoms with Crippen molar-refractivity contribution in [3.63, 3.8) is 0 Å². The van der Waals surface area contributed by atoms with Gasteiger partial charge in [-0.15, -0.1) is 0 Å². The normalized spacial score (nSPS) is 11.1. The fourth-order valence-electron chi connectivity index (χ4n) is 2.11. The molecule has 0 unspecified atom stereocenters. The molecule has 0 aliphatic heterocycles. The zero-order chi connectivity index (χ0) is 11.0. The standard InChI is InChI=1S/C14H11N2.Y/c1-2-15-16-13-9-5-3-7-11(13)12-8-4-6-10-14(12)16;/h3-10H,1H3;/q-1;. The van der Waals surface area contributed by atoms with E-state index in [4.69, 9.17) is 0 Å². The molecule has 81 valence electrons. The molecule has 2 aromatic carbocycles. The minimum atomic E-state index is 0. The third kappa shape index (κ3) is 1.96. The summed E-state index contributed by atoms with van der Waals surface area (Å²) in [6.07, 6.45) is 2.84. The van der Waals surface area contributed by atoms with E-state index in [1.54, 1.807) is 0 Å². The van der Waals surface area contributed by atoms with Crippen LogP contribution >= 0.6 is 0 Å². The van der Waals surface area contributed by atoms with Crippen LogP contribution in [0.2, 0.25) is 0 Å². The molecule has 0 N–H and O–H groups in total. The van der Waals surface area contributed by atoms with Gasteiger partial charge in [0.05, 0.1) is 11.0 Å². The molecule has 1 aromatic heterocycles. The Labute approximate surface area is 125 Å². The fraction of sp³-hybridized carbons (Fsp3) is 0.0714. The van der Waals surface area contributed by atoms with E-state index in [2.05, 4.69) is 47.7 Å². The Morgan fingerprint density at radius 1 is 0.882 bits per heavy atom. The van der Waals surface area contributed by atoms with Gasteiger partial charge >= 0.3 is 0 Å². The van der Waals surface area contributed by atoms with Crippen molar-refractivity contribution in [2.75, 3.05) is 0 Å².